The average molecular weight is 310 g/mol. The van der Waals surface area contributed by atoms with E-state index in [-0.39, 0.29) is 0 Å². The van der Waals surface area contributed by atoms with Crippen LogP contribution in [0.2, 0.25) is 0 Å². The molecular weight excluding hydrogens is 284 g/mol. The number of benzene rings is 1. The minimum Gasteiger partial charge on any atom is -0.310 e. The summed E-state index contributed by atoms with van der Waals surface area (Å²) in [5.74, 6) is 0. The molecule has 0 atom stereocenters. The average Bonchev–Trinajstić information content (AvgIpc) is 2.44. The lowest BCUT2D eigenvalue weighted by Gasteiger charge is -2.19. The van der Waals surface area contributed by atoms with Crippen molar-refractivity contribution in [1.29, 1.82) is 0 Å². The Morgan fingerprint density at radius 2 is 2.05 bits per heavy atom. The van der Waals surface area contributed by atoms with E-state index in [0.717, 1.165) is 11.1 Å². The van der Waals surface area contributed by atoms with Crippen LogP contribution in [0.15, 0.2) is 35.7 Å². The van der Waals surface area contributed by atoms with Gasteiger partial charge in [-0.25, -0.2) is 8.42 Å². The third-order valence-electron chi connectivity index (χ3n) is 3.30. The molecule has 0 heterocycles. The highest BCUT2D eigenvalue weighted by Crippen LogP contribution is 2.22. The molecule has 1 rings (SSSR count). The Kier molecular flexibility index (Phi) is 6.58. The molecule has 0 unspecified atom stereocenters. The van der Waals surface area contributed by atoms with Gasteiger partial charge in [-0.2, -0.15) is 4.31 Å². The number of rotatable bonds is 8. The Hall–Kier alpha value is -1.17. The second kappa shape index (κ2) is 7.73. The molecule has 1 aromatic carbocycles. The van der Waals surface area contributed by atoms with E-state index in [2.05, 4.69) is 25.7 Å². The number of nitrogens with one attached hydrogen (secondary N) is 1. The van der Waals surface area contributed by atoms with Crippen molar-refractivity contribution in [2.45, 2.75) is 44.7 Å². The summed E-state index contributed by atoms with van der Waals surface area (Å²) >= 11 is 0. The minimum absolute atomic E-state index is 0.306. The van der Waals surface area contributed by atoms with Crippen LogP contribution in [0.25, 0.3) is 0 Å². The monoisotopic (exact) mass is 310 g/mol. The predicted molar refractivity (Wildman–Crippen MR) is 87.8 cm³/mol. The third kappa shape index (κ3) is 4.66. The first kappa shape index (κ1) is 17.9. The normalized spacial score (nSPS) is 12.1. The molecule has 0 aliphatic heterocycles. The Morgan fingerprint density at radius 3 is 2.57 bits per heavy atom. The SMILES string of the molecule is C=CCN(C)S(=O)(=O)c1cc(CNC(C)C)ccc1CC. The molecule has 0 aromatic heterocycles. The molecule has 5 heteroatoms. The van der Waals surface area contributed by atoms with Crippen LogP contribution in [-0.4, -0.2) is 32.4 Å². The fourth-order valence-corrected chi connectivity index (χ4v) is 3.49. The molecule has 0 spiro atoms. The highest BCUT2D eigenvalue weighted by Gasteiger charge is 2.22. The molecule has 1 aromatic rings. The number of hydrogen-bond acceptors (Lipinski definition) is 3. The number of sulfonamides is 1. The highest BCUT2D eigenvalue weighted by atomic mass is 32.2. The molecule has 0 bridgehead atoms. The van der Waals surface area contributed by atoms with Crippen LogP contribution in [0.1, 0.15) is 31.9 Å². The maximum Gasteiger partial charge on any atom is 0.243 e. The summed E-state index contributed by atoms with van der Waals surface area (Å²) in [6.45, 7) is 10.7. The second-order valence-corrected chi connectivity index (χ2v) is 7.42. The third-order valence-corrected chi connectivity index (χ3v) is 5.21. The van der Waals surface area contributed by atoms with Crippen LogP contribution in [0.4, 0.5) is 0 Å². The van der Waals surface area contributed by atoms with Crippen LogP contribution in [-0.2, 0) is 23.0 Å². The topological polar surface area (TPSA) is 49.4 Å². The Bertz CT molecular complexity index is 580. The molecule has 0 saturated carbocycles. The van der Waals surface area contributed by atoms with Crippen LogP contribution >= 0.6 is 0 Å². The first-order valence-electron chi connectivity index (χ1n) is 7.25. The van der Waals surface area contributed by atoms with Crippen LogP contribution in [0.3, 0.4) is 0 Å². The zero-order chi connectivity index (χ0) is 16.0. The van der Waals surface area contributed by atoms with Crippen molar-refractivity contribution in [3.8, 4) is 0 Å². The summed E-state index contributed by atoms with van der Waals surface area (Å²) in [6, 6.07) is 6.04. The van der Waals surface area contributed by atoms with Gasteiger partial charge in [0.1, 0.15) is 0 Å². The van der Waals surface area contributed by atoms with Crippen molar-refractivity contribution < 1.29 is 8.42 Å². The first-order valence-corrected chi connectivity index (χ1v) is 8.69. The van der Waals surface area contributed by atoms with Gasteiger partial charge in [0, 0.05) is 26.2 Å². The summed E-state index contributed by atoms with van der Waals surface area (Å²) in [6.07, 6.45) is 2.28. The molecule has 0 radical (unpaired) electrons. The number of nitrogens with zero attached hydrogens (tertiary/aromatic N) is 1. The lowest BCUT2D eigenvalue weighted by Crippen LogP contribution is -2.28. The molecule has 1 N–H and O–H groups in total. The lowest BCUT2D eigenvalue weighted by atomic mass is 10.1. The Morgan fingerprint density at radius 1 is 1.38 bits per heavy atom. The van der Waals surface area contributed by atoms with Crippen molar-refractivity contribution >= 4 is 10.0 Å². The van der Waals surface area contributed by atoms with Crippen molar-refractivity contribution in [1.82, 2.24) is 9.62 Å². The van der Waals surface area contributed by atoms with Gasteiger partial charge in [0.15, 0.2) is 0 Å². The number of aryl methyl sites for hydroxylation is 1. The van der Waals surface area contributed by atoms with Crippen molar-refractivity contribution in [3.05, 3.63) is 42.0 Å². The van der Waals surface area contributed by atoms with Crippen molar-refractivity contribution in [2.24, 2.45) is 0 Å². The van der Waals surface area contributed by atoms with Gasteiger partial charge < -0.3 is 5.32 Å². The van der Waals surface area contributed by atoms with Crippen molar-refractivity contribution in [2.75, 3.05) is 13.6 Å². The van der Waals surface area contributed by atoms with Crippen LogP contribution in [0, 0.1) is 0 Å². The largest absolute Gasteiger partial charge is 0.310 e. The molecule has 21 heavy (non-hydrogen) atoms. The molecular formula is C16H26N2O2S. The maximum absolute atomic E-state index is 12.6. The quantitative estimate of drug-likeness (QED) is 0.751. The summed E-state index contributed by atoms with van der Waals surface area (Å²) in [7, 11) is -1.89. The zero-order valence-electron chi connectivity index (χ0n) is 13.4. The molecule has 4 nitrogen and oxygen atoms in total. The van der Waals surface area contributed by atoms with Gasteiger partial charge in [0.2, 0.25) is 10.0 Å². The van der Waals surface area contributed by atoms with Gasteiger partial charge in [0.25, 0.3) is 0 Å². The molecule has 0 aliphatic carbocycles. The van der Waals surface area contributed by atoms with Gasteiger partial charge in [-0.1, -0.05) is 39.0 Å². The van der Waals surface area contributed by atoms with E-state index in [1.54, 1.807) is 19.2 Å². The molecule has 118 valence electrons. The van der Waals surface area contributed by atoms with Crippen LogP contribution < -0.4 is 5.32 Å². The van der Waals surface area contributed by atoms with E-state index in [9.17, 15) is 8.42 Å². The van der Waals surface area contributed by atoms with E-state index in [4.69, 9.17) is 0 Å². The summed E-state index contributed by atoms with van der Waals surface area (Å²) in [4.78, 5) is 0.400. The second-order valence-electron chi connectivity index (χ2n) is 5.41. The van der Waals surface area contributed by atoms with Gasteiger partial charge in [0.05, 0.1) is 4.90 Å². The summed E-state index contributed by atoms with van der Waals surface area (Å²) in [5.41, 5.74) is 1.82. The van der Waals surface area contributed by atoms with Gasteiger partial charge in [-0.05, 0) is 23.6 Å². The predicted octanol–water partition coefficient (Wildman–Crippen LogP) is 2.55. The molecule has 0 fully saturated rings. The highest BCUT2D eigenvalue weighted by molar-refractivity contribution is 7.89. The fourth-order valence-electron chi connectivity index (χ4n) is 2.01. The summed E-state index contributed by atoms with van der Waals surface area (Å²) < 4.78 is 26.6. The first-order chi connectivity index (χ1) is 9.82. The number of likely N-dealkylation sites (N-methyl/N-ethyl adjacent to an activating group) is 1. The van der Waals surface area contributed by atoms with E-state index in [1.165, 1.54) is 4.31 Å². The fraction of sp³-hybridized carbons (Fsp3) is 0.500. The Labute approximate surface area is 128 Å². The number of hydrogen-bond donors (Lipinski definition) is 1. The van der Waals surface area contributed by atoms with E-state index in [0.29, 0.717) is 30.4 Å². The van der Waals surface area contributed by atoms with Crippen LogP contribution in [0.5, 0.6) is 0 Å². The van der Waals surface area contributed by atoms with E-state index >= 15 is 0 Å². The van der Waals surface area contributed by atoms with Crippen molar-refractivity contribution in [3.63, 3.8) is 0 Å². The maximum atomic E-state index is 12.6. The molecule has 0 saturated heterocycles. The molecule has 0 amide bonds. The molecule has 0 aliphatic rings. The smallest absolute Gasteiger partial charge is 0.243 e. The van der Waals surface area contributed by atoms with E-state index in [1.807, 2.05) is 19.1 Å². The minimum atomic E-state index is -3.47. The zero-order valence-corrected chi connectivity index (χ0v) is 14.2. The van der Waals surface area contributed by atoms with Gasteiger partial charge >= 0.3 is 0 Å². The van der Waals surface area contributed by atoms with Gasteiger partial charge in [-0.3, -0.25) is 0 Å². The van der Waals surface area contributed by atoms with Gasteiger partial charge in [-0.15, -0.1) is 6.58 Å². The Balaban J connectivity index is 3.19. The van der Waals surface area contributed by atoms with E-state index < -0.39 is 10.0 Å². The summed E-state index contributed by atoms with van der Waals surface area (Å²) in [5, 5.41) is 3.31. The standard InChI is InChI=1S/C16H26N2O2S/c1-6-10-18(5)21(19,20)16-11-14(12-17-13(3)4)8-9-15(16)7-2/h6,8-9,11,13,17H,1,7,10,12H2,2-5H3. The lowest BCUT2D eigenvalue weighted by molar-refractivity contribution is 0.498.